The first-order valence-corrected chi connectivity index (χ1v) is 10.3. The number of rotatable bonds is 7. The van der Waals surface area contributed by atoms with Crippen LogP contribution in [0.5, 0.6) is 5.75 Å². The molecule has 7 heteroatoms. The van der Waals surface area contributed by atoms with E-state index in [1.54, 1.807) is 54.9 Å². The minimum atomic E-state index is -0.844. The van der Waals surface area contributed by atoms with Gasteiger partial charge < -0.3 is 14.7 Å². The number of amides is 1. The molecule has 1 N–H and O–H groups in total. The highest BCUT2D eigenvalue weighted by atomic mass is 19.1. The Morgan fingerprint density at radius 3 is 2.48 bits per heavy atom. The van der Waals surface area contributed by atoms with Crippen molar-refractivity contribution in [1.82, 2.24) is 9.88 Å². The molecule has 166 valence electrons. The second-order valence-electron chi connectivity index (χ2n) is 7.46. The Bertz CT molecular complexity index is 1210. The fourth-order valence-corrected chi connectivity index (χ4v) is 3.74. The Labute approximate surface area is 190 Å². The summed E-state index contributed by atoms with van der Waals surface area (Å²) >= 11 is 0. The number of ketones is 1. The minimum Gasteiger partial charge on any atom is -0.507 e. The van der Waals surface area contributed by atoms with Gasteiger partial charge in [-0.15, -0.1) is 0 Å². The van der Waals surface area contributed by atoms with Crippen molar-refractivity contribution >= 4 is 17.4 Å². The van der Waals surface area contributed by atoms with Gasteiger partial charge in [0, 0.05) is 24.5 Å². The lowest BCUT2D eigenvalue weighted by atomic mass is 9.95. The van der Waals surface area contributed by atoms with Crippen LogP contribution in [0, 0.1) is 5.82 Å². The van der Waals surface area contributed by atoms with Crippen LogP contribution >= 0.6 is 0 Å². The molecular weight excluding hydrogens is 423 g/mol. The zero-order valence-electron chi connectivity index (χ0n) is 17.6. The molecule has 0 radical (unpaired) electrons. The van der Waals surface area contributed by atoms with Gasteiger partial charge in [0.05, 0.1) is 11.6 Å². The second kappa shape index (κ2) is 9.48. The minimum absolute atomic E-state index is 0.0599. The maximum absolute atomic E-state index is 13.4. The van der Waals surface area contributed by atoms with Crippen LogP contribution in [0.15, 0.2) is 91.3 Å². The van der Waals surface area contributed by atoms with Gasteiger partial charge in [0.25, 0.3) is 11.7 Å². The molecule has 2 aromatic carbocycles. The van der Waals surface area contributed by atoms with Gasteiger partial charge in [0.1, 0.15) is 23.9 Å². The normalized spacial score (nSPS) is 17.2. The van der Waals surface area contributed by atoms with E-state index in [1.165, 1.54) is 29.2 Å². The monoisotopic (exact) mass is 444 g/mol. The van der Waals surface area contributed by atoms with Crippen LogP contribution in [0.25, 0.3) is 5.76 Å². The third kappa shape index (κ3) is 4.52. The highest BCUT2D eigenvalue weighted by Crippen LogP contribution is 2.40. The number of likely N-dealkylation sites (tertiary alicyclic amines) is 1. The number of aliphatic hydroxyl groups is 1. The SMILES string of the molecule is C=CCOc1ccc(C2/C(=C(/O)c3ccc(F)cc3)C(=O)C(=O)N2Cc2cccnc2)cc1. The molecule has 6 nitrogen and oxygen atoms in total. The van der Waals surface area contributed by atoms with Crippen molar-refractivity contribution in [2.45, 2.75) is 12.6 Å². The van der Waals surface area contributed by atoms with Gasteiger partial charge in [0.15, 0.2) is 0 Å². The molecule has 1 amide bonds. The molecule has 0 aliphatic carbocycles. The Hall–Kier alpha value is -4.26. The van der Waals surface area contributed by atoms with Gasteiger partial charge in [-0.3, -0.25) is 14.6 Å². The van der Waals surface area contributed by atoms with E-state index < -0.39 is 23.5 Å². The average Bonchev–Trinajstić information content (AvgIpc) is 3.08. The Morgan fingerprint density at radius 1 is 1.12 bits per heavy atom. The predicted molar refractivity (Wildman–Crippen MR) is 121 cm³/mol. The first kappa shape index (κ1) is 22.0. The fraction of sp³-hybridized carbons (Fsp3) is 0.115. The van der Waals surface area contributed by atoms with E-state index in [2.05, 4.69) is 11.6 Å². The van der Waals surface area contributed by atoms with Crippen LogP contribution in [0.3, 0.4) is 0 Å². The summed E-state index contributed by atoms with van der Waals surface area (Å²) in [6.45, 7) is 4.08. The zero-order valence-corrected chi connectivity index (χ0v) is 17.6. The van der Waals surface area contributed by atoms with E-state index in [0.29, 0.717) is 17.9 Å². The standard InChI is InChI=1S/C26H21FN2O4/c1-2-14-33-21-11-7-18(8-12-21)23-22(24(30)19-5-9-20(27)10-6-19)25(31)26(32)29(23)16-17-4-3-13-28-15-17/h2-13,15,23,30H,1,14,16H2/b24-22-. The Balaban J connectivity index is 1.80. The van der Waals surface area contributed by atoms with Crippen molar-refractivity contribution in [3.8, 4) is 5.75 Å². The first-order valence-electron chi connectivity index (χ1n) is 10.3. The number of carbonyl (C=O) groups excluding carboxylic acids is 2. The highest BCUT2D eigenvalue weighted by molar-refractivity contribution is 6.46. The van der Waals surface area contributed by atoms with E-state index in [-0.39, 0.29) is 23.4 Å². The number of ether oxygens (including phenoxy) is 1. The molecule has 0 saturated carbocycles. The summed E-state index contributed by atoms with van der Waals surface area (Å²) in [6, 6.07) is 14.7. The lowest BCUT2D eigenvalue weighted by molar-refractivity contribution is -0.140. The summed E-state index contributed by atoms with van der Waals surface area (Å²) in [4.78, 5) is 31.5. The number of Topliss-reactive ketones (excluding diaryl/α,β-unsaturated/α-hetero) is 1. The summed E-state index contributed by atoms with van der Waals surface area (Å²) < 4.78 is 18.9. The Morgan fingerprint density at radius 2 is 1.85 bits per heavy atom. The van der Waals surface area contributed by atoms with Gasteiger partial charge in [-0.05, 0) is 53.6 Å². The summed E-state index contributed by atoms with van der Waals surface area (Å²) in [6.07, 6.45) is 4.85. The molecule has 1 aliphatic rings. The predicted octanol–water partition coefficient (Wildman–Crippen LogP) is 4.41. The molecule has 0 spiro atoms. The smallest absolute Gasteiger partial charge is 0.295 e. The first-order chi connectivity index (χ1) is 16.0. The number of nitrogens with zero attached hydrogens (tertiary/aromatic N) is 2. The summed E-state index contributed by atoms with van der Waals surface area (Å²) in [5, 5.41) is 11.0. The van der Waals surface area contributed by atoms with Crippen molar-refractivity contribution in [2.24, 2.45) is 0 Å². The van der Waals surface area contributed by atoms with E-state index in [0.717, 1.165) is 5.56 Å². The molecule has 2 heterocycles. The van der Waals surface area contributed by atoms with E-state index in [9.17, 15) is 19.1 Å². The topological polar surface area (TPSA) is 79.7 Å². The third-order valence-corrected chi connectivity index (χ3v) is 5.30. The molecule has 4 rings (SSSR count). The van der Waals surface area contributed by atoms with Crippen LogP contribution in [-0.4, -0.2) is 33.3 Å². The van der Waals surface area contributed by atoms with Crippen molar-refractivity contribution < 1.29 is 23.8 Å². The van der Waals surface area contributed by atoms with Gasteiger partial charge >= 0.3 is 0 Å². The van der Waals surface area contributed by atoms with Crippen LogP contribution in [0.4, 0.5) is 4.39 Å². The number of hydrogen-bond acceptors (Lipinski definition) is 5. The maximum atomic E-state index is 13.4. The lowest BCUT2D eigenvalue weighted by Crippen LogP contribution is -2.29. The van der Waals surface area contributed by atoms with Crippen molar-refractivity contribution in [3.05, 3.63) is 114 Å². The van der Waals surface area contributed by atoms with E-state index >= 15 is 0 Å². The zero-order chi connectivity index (χ0) is 23.4. The molecule has 1 atom stereocenters. The molecule has 33 heavy (non-hydrogen) atoms. The quantitative estimate of drug-likeness (QED) is 0.253. The number of benzene rings is 2. The number of carbonyl (C=O) groups is 2. The largest absolute Gasteiger partial charge is 0.507 e. The number of pyridine rings is 1. The van der Waals surface area contributed by atoms with Crippen molar-refractivity contribution in [2.75, 3.05) is 6.61 Å². The maximum Gasteiger partial charge on any atom is 0.295 e. The summed E-state index contributed by atoms with van der Waals surface area (Å²) in [7, 11) is 0. The number of hydrogen-bond donors (Lipinski definition) is 1. The number of aromatic nitrogens is 1. The Kier molecular flexibility index (Phi) is 6.31. The number of halogens is 1. The van der Waals surface area contributed by atoms with Gasteiger partial charge in [0.2, 0.25) is 0 Å². The third-order valence-electron chi connectivity index (χ3n) is 5.30. The van der Waals surface area contributed by atoms with E-state index in [4.69, 9.17) is 4.74 Å². The van der Waals surface area contributed by atoms with Gasteiger partial charge in [-0.25, -0.2) is 4.39 Å². The number of aliphatic hydroxyl groups excluding tert-OH is 1. The van der Waals surface area contributed by atoms with Crippen LogP contribution in [0.1, 0.15) is 22.7 Å². The average molecular weight is 444 g/mol. The fourth-order valence-electron chi connectivity index (χ4n) is 3.74. The molecule has 1 aliphatic heterocycles. The van der Waals surface area contributed by atoms with Crippen LogP contribution in [0.2, 0.25) is 0 Å². The molecule has 3 aromatic rings. The summed E-state index contributed by atoms with van der Waals surface area (Å²) in [5.74, 6) is -1.78. The second-order valence-corrected chi connectivity index (χ2v) is 7.46. The highest BCUT2D eigenvalue weighted by Gasteiger charge is 2.46. The van der Waals surface area contributed by atoms with Crippen LogP contribution < -0.4 is 4.74 Å². The van der Waals surface area contributed by atoms with Gasteiger partial charge in [-0.2, -0.15) is 0 Å². The molecule has 0 bridgehead atoms. The van der Waals surface area contributed by atoms with Crippen molar-refractivity contribution in [3.63, 3.8) is 0 Å². The molecule has 1 unspecified atom stereocenters. The molecular formula is C26H21FN2O4. The molecule has 1 fully saturated rings. The molecule has 1 aromatic heterocycles. The van der Waals surface area contributed by atoms with Crippen molar-refractivity contribution in [1.29, 1.82) is 0 Å². The summed E-state index contributed by atoms with van der Waals surface area (Å²) in [5.41, 5.74) is 1.53. The lowest BCUT2D eigenvalue weighted by Gasteiger charge is -2.25. The molecule has 1 saturated heterocycles. The van der Waals surface area contributed by atoms with E-state index in [1.807, 2.05) is 0 Å². The van der Waals surface area contributed by atoms with Crippen LogP contribution in [-0.2, 0) is 16.1 Å². The van der Waals surface area contributed by atoms with Gasteiger partial charge in [-0.1, -0.05) is 30.9 Å².